The van der Waals surface area contributed by atoms with E-state index >= 15 is 0 Å². The van der Waals surface area contributed by atoms with Gasteiger partial charge in [0, 0.05) is 0 Å². The Hall–Kier alpha value is -2.56. The van der Waals surface area contributed by atoms with E-state index in [9.17, 15) is 4.79 Å². The fourth-order valence-corrected chi connectivity index (χ4v) is 1.91. The van der Waals surface area contributed by atoms with E-state index in [2.05, 4.69) is 15.3 Å². The zero-order valence-corrected chi connectivity index (χ0v) is 10.7. The molecule has 2 aromatic heterocycles. The van der Waals surface area contributed by atoms with Crippen molar-refractivity contribution >= 4 is 22.9 Å². The van der Waals surface area contributed by atoms with Crippen molar-refractivity contribution in [3.8, 4) is 0 Å². The summed E-state index contributed by atoms with van der Waals surface area (Å²) < 4.78 is 5.03. The lowest BCUT2D eigenvalue weighted by atomic mass is 10.1. The first-order valence-electron chi connectivity index (χ1n) is 5.95. The Balaban J connectivity index is 1.92. The monoisotopic (exact) mass is 255 g/mol. The summed E-state index contributed by atoms with van der Waals surface area (Å²) in [6.07, 6.45) is 1.46. The van der Waals surface area contributed by atoms with E-state index in [1.165, 1.54) is 17.4 Å². The maximum absolute atomic E-state index is 11.8. The predicted octanol–water partition coefficient (Wildman–Crippen LogP) is 3.03. The van der Waals surface area contributed by atoms with Crippen molar-refractivity contribution in [2.24, 2.45) is 0 Å². The van der Waals surface area contributed by atoms with E-state index in [4.69, 9.17) is 4.42 Å². The van der Waals surface area contributed by atoms with Gasteiger partial charge >= 0.3 is 0 Å². The molecule has 5 heteroatoms. The van der Waals surface area contributed by atoms with Crippen LogP contribution in [0.15, 0.2) is 34.9 Å². The molecule has 1 amide bonds. The molecule has 0 aliphatic rings. The van der Waals surface area contributed by atoms with E-state index in [1.54, 1.807) is 12.1 Å². The smallest absolute Gasteiger partial charge is 0.293 e. The van der Waals surface area contributed by atoms with Crippen molar-refractivity contribution < 1.29 is 9.21 Å². The summed E-state index contributed by atoms with van der Waals surface area (Å²) in [6.45, 7) is 4.07. The van der Waals surface area contributed by atoms with Gasteiger partial charge in [-0.15, -0.1) is 0 Å². The number of anilines is 1. The van der Waals surface area contributed by atoms with Gasteiger partial charge in [0.2, 0.25) is 5.95 Å². The van der Waals surface area contributed by atoms with Gasteiger partial charge in [0.05, 0.1) is 17.3 Å². The molecule has 96 valence electrons. The number of carbonyl (C=O) groups is 1. The third kappa shape index (κ3) is 2.10. The maximum Gasteiger partial charge on any atom is 0.293 e. The van der Waals surface area contributed by atoms with Crippen LogP contribution in [0.5, 0.6) is 0 Å². The number of furan rings is 1. The number of imidazole rings is 1. The summed E-state index contributed by atoms with van der Waals surface area (Å²) in [5.74, 6) is 0.353. The van der Waals surface area contributed by atoms with Crippen LogP contribution >= 0.6 is 0 Å². The maximum atomic E-state index is 11.8. The van der Waals surface area contributed by atoms with E-state index in [1.807, 2.05) is 26.0 Å². The summed E-state index contributed by atoms with van der Waals surface area (Å²) in [5.41, 5.74) is 4.08. The van der Waals surface area contributed by atoms with Crippen LogP contribution in [0.2, 0.25) is 0 Å². The molecule has 0 unspecified atom stereocenters. The molecule has 0 aliphatic heterocycles. The minimum Gasteiger partial charge on any atom is -0.459 e. The standard InChI is InChI=1S/C14H13N3O2/c1-8-6-10-11(7-9(8)2)16-14(15-10)17-13(18)12-4-3-5-19-12/h3-7H,1-2H3,(H2,15,16,17,18). The summed E-state index contributed by atoms with van der Waals surface area (Å²) >= 11 is 0. The highest BCUT2D eigenvalue weighted by Crippen LogP contribution is 2.19. The number of aryl methyl sites for hydroxylation is 2. The number of hydrogen-bond donors (Lipinski definition) is 2. The molecule has 3 aromatic rings. The lowest BCUT2D eigenvalue weighted by molar-refractivity contribution is 0.0996. The number of H-pyrrole nitrogens is 1. The second-order valence-corrected chi connectivity index (χ2v) is 4.47. The van der Waals surface area contributed by atoms with Gasteiger partial charge in [0.1, 0.15) is 0 Å². The van der Waals surface area contributed by atoms with Gasteiger partial charge in [-0.1, -0.05) is 0 Å². The molecule has 0 radical (unpaired) electrons. The number of hydrogen-bond acceptors (Lipinski definition) is 3. The van der Waals surface area contributed by atoms with Crippen LogP contribution in [-0.4, -0.2) is 15.9 Å². The second-order valence-electron chi connectivity index (χ2n) is 4.47. The molecule has 19 heavy (non-hydrogen) atoms. The molecule has 3 rings (SSSR count). The molecular weight excluding hydrogens is 242 g/mol. The van der Waals surface area contributed by atoms with Crippen molar-refractivity contribution in [2.75, 3.05) is 5.32 Å². The molecule has 0 fully saturated rings. The van der Waals surface area contributed by atoms with Crippen molar-refractivity contribution in [1.82, 2.24) is 9.97 Å². The molecule has 2 heterocycles. The van der Waals surface area contributed by atoms with E-state index in [0.29, 0.717) is 5.95 Å². The number of carbonyl (C=O) groups excluding carboxylic acids is 1. The molecule has 0 saturated carbocycles. The number of benzene rings is 1. The van der Waals surface area contributed by atoms with E-state index in [-0.39, 0.29) is 11.7 Å². The van der Waals surface area contributed by atoms with Crippen molar-refractivity contribution in [3.63, 3.8) is 0 Å². The number of nitrogens with zero attached hydrogens (tertiary/aromatic N) is 1. The normalized spacial score (nSPS) is 10.8. The number of fused-ring (bicyclic) bond motifs is 1. The number of aromatic amines is 1. The Morgan fingerprint density at radius 1 is 1.32 bits per heavy atom. The van der Waals surface area contributed by atoms with Gasteiger partial charge in [-0.05, 0) is 49.2 Å². The highest BCUT2D eigenvalue weighted by Gasteiger charge is 2.11. The highest BCUT2D eigenvalue weighted by molar-refractivity contribution is 6.01. The molecule has 5 nitrogen and oxygen atoms in total. The molecule has 2 N–H and O–H groups in total. The molecule has 1 aromatic carbocycles. The Kier molecular flexibility index (Phi) is 2.59. The van der Waals surface area contributed by atoms with Crippen molar-refractivity contribution in [2.45, 2.75) is 13.8 Å². The predicted molar refractivity (Wildman–Crippen MR) is 72.2 cm³/mol. The molecular formula is C14H13N3O2. The van der Waals surface area contributed by atoms with Crippen molar-refractivity contribution in [3.05, 3.63) is 47.4 Å². The largest absolute Gasteiger partial charge is 0.459 e. The van der Waals surface area contributed by atoms with E-state index in [0.717, 1.165) is 11.0 Å². The van der Waals surface area contributed by atoms with Gasteiger partial charge < -0.3 is 9.40 Å². The molecule has 0 spiro atoms. The van der Waals surface area contributed by atoms with Gasteiger partial charge in [-0.3, -0.25) is 10.1 Å². The zero-order chi connectivity index (χ0) is 13.4. The Morgan fingerprint density at radius 2 is 2.11 bits per heavy atom. The summed E-state index contributed by atoms with van der Waals surface area (Å²) in [6, 6.07) is 7.27. The number of rotatable bonds is 2. The summed E-state index contributed by atoms with van der Waals surface area (Å²) in [5, 5.41) is 2.67. The van der Waals surface area contributed by atoms with Gasteiger partial charge in [0.25, 0.3) is 5.91 Å². The first kappa shape index (κ1) is 11.5. The first-order chi connectivity index (χ1) is 9.13. The average Bonchev–Trinajstić information content (AvgIpc) is 2.98. The van der Waals surface area contributed by atoms with E-state index < -0.39 is 0 Å². The molecule has 0 atom stereocenters. The summed E-state index contributed by atoms with van der Waals surface area (Å²) in [4.78, 5) is 19.2. The zero-order valence-electron chi connectivity index (χ0n) is 10.7. The molecule has 0 saturated heterocycles. The lowest BCUT2D eigenvalue weighted by Gasteiger charge is -1.97. The third-order valence-corrected chi connectivity index (χ3v) is 3.07. The number of nitrogens with one attached hydrogen (secondary N) is 2. The number of aromatic nitrogens is 2. The van der Waals surface area contributed by atoms with Crippen LogP contribution < -0.4 is 5.32 Å². The Morgan fingerprint density at radius 3 is 2.84 bits per heavy atom. The quantitative estimate of drug-likeness (QED) is 0.739. The van der Waals surface area contributed by atoms with Gasteiger partial charge in [-0.2, -0.15) is 0 Å². The Labute approximate surface area is 109 Å². The van der Waals surface area contributed by atoms with Crippen LogP contribution in [0.25, 0.3) is 11.0 Å². The van der Waals surface area contributed by atoms with Crippen LogP contribution in [0.1, 0.15) is 21.7 Å². The average molecular weight is 255 g/mol. The topological polar surface area (TPSA) is 70.9 Å². The van der Waals surface area contributed by atoms with Crippen LogP contribution in [0.3, 0.4) is 0 Å². The second kappa shape index (κ2) is 4.28. The van der Waals surface area contributed by atoms with Crippen LogP contribution in [0.4, 0.5) is 5.95 Å². The summed E-state index contributed by atoms with van der Waals surface area (Å²) in [7, 11) is 0. The fraction of sp³-hybridized carbons (Fsp3) is 0.143. The minimum absolute atomic E-state index is 0.257. The lowest BCUT2D eigenvalue weighted by Crippen LogP contribution is -2.11. The van der Waals surface area contributed by atoms with Crippen LogP contribution in [0, 0.1) is 13.8 Å². The fourth-order valence-electron chi connectivity index (χ4n) is 1.91. The van der Waals surface area contributed by atoms with Gasteiger partial charge in [-0.25, -0.2) is 4.98 Å². The first-order valence-corrected chi connectivity index (χ1v) is 5.95. The van der Waals surface area contributed by atoms with Crippen molar-refractivity contribution in [1.29, 1.82) is 0 Å². The molecule has 0 aliphatic carbocycles. The minimum atomic E-state index is -0.322. The Bertz CT molecular complexity index is 702. The SMILES string of the molecule is Cc1cc2nc(NC(=O)c3ccco3)[nH]c2cc1C. The third-order valence-electron chi connectivity index (χ3n) is 3.07. The van der Waals surface area contributed by atoms with Gasteiger partial charge in [0.15, 0.2) is 5.76 Å². The van der Waals surface area contributed by atoms with Crippen LogP contribution in [-0.2, 0) is 0 Å². The molecule has 0 bridgehead atoms. The number of amides is 1. The highest BCUT2D eigenvalue weighted by atomic mass is 16.3.